The molecule has 0 unspecified atom stereocenters. The van der Waals surface area contributed by atoms with E-state index < -0.39 is 0 Å². The van der Waals surface area contributed by atoms with E-state index in [1.54, 1.807) is 10.9 Å². The van der Waals surface area contributed by atoms with E-state index in [9.17, 15) is 0 Å². The van der Waals surface area contributed by atoms with Gasteiger partial charge in [0.2, 0.25) is 0 Å². The highest BCUT2D eigenvalue weighted by atomic mass is 16.6. The second-order valence-corrected chi connectivity index (χ2v) is 3.28. The van der Waals surface area contributed by atoms with E-state index in [0.29, 0.717) is 0 Å². The predicted molar refractivity (Wildman–Crippen MR) is 54.0 cm³/mol. The zero-order chi connectivity index (χ0) is 10.3. The van der Waals surface area contributed by atoms with Gasteiger partial charge in [0.25, 0.3) is 0 Å². The van der Waals surface area contributed by atoms with Gasteiger partial charge in [0, 0.05) is 18.8 Å². The van der Waals surface area contributed by atoms with E-state index in [2.05, 4.69) is 15.4 Å². The Labute approximate surface area is 85.3 Å². The van der Waals surface area contributed by atoms with Crippen LogP contribution in [0.4, 0.5) is 0 Å². The largest absolute Gasteiger partial charge is 0.268 e. The van der Waals surface area contributed by atoms with Gasteiger partial charge in [-0.2, -0.15) is 5.10 Å². The highest BCUT2D eigenvalue weighted by Crippen LogP contribution is 2.25. The van der Waals surface area contributed by atoms with Crippen LogP contribution in [0.1, 0.15) is 0 Å². The maximum Gasteiger partial charge on any atom is 0.144 e. The quantitative estimate of drug-likeness (QED) is 0.599. The molecule has 74 valence electrons. The number of rotatable bonds is 1. The lowest BCUT2D eigenvalue weighted by atomic mass is 10.1. The van der Waals surface area contributed by atoms with Crippen LogP contribution in [0.2, 0.25) is 0 Å². The molecule has 5 heteroatoms. The summed E-state index contributed by atoms with van der Waals surface area (Å²) >= 11 is 0. The lowest BCUT2D eigenvalue weighted by Crippen LogP contribution is -1.93. The molecule has 0 N–H and O–H groups in total. The molecule has 0 amide bonds. The number of fused-ring (bicyclic) bond motifs is 1. The fraction of sp³-hybridized carbons (Fsp3) is 0.100. The van der Waals surface area contributed by atoms with Gasteiger partial charge in [-0.1, -0.05) is 12.1 Å². The molecule has 15 heavy (non-hydrogen) atoms. The first-order valence-electron chi connectivity index (χ1n) is 4.56. The first-order valence-corrected chi connectivity index (χ1v) is 4.56. The molecule has 2 heterocycles. The van der Waals surface area contributed by atoms with E-state index in [1.165, 1.54) is 0 Å². The maximum atomic E-state index is 4.71. The first kappa shape index (κ1) is 8.16. The molecule has 2 aromatic heterocycles. The molecule has 0 aliphatic heterocycles. The molecule has 0 saturated heterocycles. The third-order valence-corrected chi connectivity index (χ3v) is 2.38. The summed E-state index contributed by atoms with van der Waals surface area (Å²) in [5.74, 6) is 0. The maximum absolute atomic E-state index is 4.71. The molecule has 3 rings (SSSR count). The Bertz CT molecular complexity index is 610. The van der Waals surface area contributed by atoms with Crippen LogP contribution >= 0.6 is 0 Å². The molecule has 0 atom stereocenters. The molecule has 0 spiro atoms. The van der Waals surface area contributed by atoms with Gasteiger partial charge in [-0.05, 0) is 22.4 Å². The first-order chi connectivity index (χ1) is 7.36. The van der Waals surface area contributed by atoms with Crippen molar-refractivity contribution in [2.24, 2.45) is 7.05 Å². The highest BCUT2D eigenvalue weighted by molar-refractivity contribution is 5.89. The molecule has 0 aliphatic rings. The van der Waals surface area contributed by atoms with E-state index in [4.69, 9.17) is 4.63 Å². The van der Waals surface area contributed by atoms with Crippen LogP contribution in [0.3, 0.4) is 0 Å². The summed E-state index contributed by atoms with van der Waals surface area (Å²) in [6.07, 6.45) is 1.75. The number of hydrogen-bond acceptors (Lipinski definition) is 4. The number of hydrogen-bond donors (Lipinski definition) is 0. The number of nitrogens with zero attached hydrogens (tertiary/aromatic N) is 4. The van der Waals surface area contributed by atoms with Crippen molar-refractivity contribution in [3.63, 3.8) is 0 Å². The van der Waals surface area contributed by atoms with E-state index in [-0.39, 0.29) is 0 Å². The fourth-order valence-electron chi connectivity index (χ4n) is 1.65. The molecule has 0 bridgehead atoms. The minimum absolute atomic E-state index is 0.758. The second kappa shape index (κ2) is 2.91. The van der Waals surface area contributed by atoms with E-state index in [0.717, 1.165) is 22.3 Å². The highest BCUT2D eigenvalue weighted by Gasteiger charge is 2.10. The van der Waals surface area contributed by atoms with E-state index in [1.807, 2.05) is 31.3 Å². The van der Waals surface area contributed by atoms with Crippen molar-refractivity contribution in [2.45, 2.75) is 0 Å². The topological polar surface area (TPSA) is 56.7 Å². The second-order valence-electron chi connectivity index (χ2n) is 3.28. The van der Waals surface area contributed by atoms with Gasteiger partial charge in [-0.25, -0.2) is 4.63 Å². The van der Waals surface area contributed by atoms with Gasteiger partial charge in [0.15, 0.2) is 0 Å². The van der Waals surface area contributed by atoms with Gasteiger partial charge in [0.1, 0.15) is 11.0 Å². The summed E-state index contributed by atoms with van der Waals surface area (Å²) in [4.78, 5) is 0. The van der Waals surface area contributed by atoms with Crippen molar-refractivity contribution in [3.05, 3.63) is 30.5 Å². The average molecular weight is 200 g/mol. The third kappa shape index (κ3) is 1.13. The zero-order valence-electron chi connectivity index (χ0n) is 8.08. The van der Waals surface area contributed by atoms with Crippen molar-refractivity contribution < 1.29 is 4.63 Å². The molecule has 1 aromatic carbocycles. The summed E-state index contributed by atoms with van der Waals surface area (Å²) in [6.45, 7) is 0. The van der Waals surface area contributed by atoms with E-state index >= 15 is 0 Å². The van der Waals surface area contributed by atoms with Crippen LogP contribution < -0.4 is 0 Å². The zero-order valence-corrected chi connectivity index (χ0v) is 8.08. The van der Waals surface area contributed by atoms with Gasteiger partial charge in [-0.15, -0.1) is 0 Å². The standard InChI is InChI=1S/C10H8N4O/c1-14-9(5-6-11-14)7-3-2-4-8-10(7)13-15-12-8/h2-6H,1H3. The summed E-state index contributed by atoms with van der Waals surface area (Å²) in [7, 11) is 1.89. The van der Waals surface area contributed by atoms with Crippen LogP contribution in [0.25, 0.3) is 22.3 Å². The Morgan fingerprint density at radius 1 is 1.20 bits per heavy atom. The van der Waals surface area contributed by atoms with Crippen LogP contribution in [0.15, 0.2) is 35.1 Å². The van der Waals surface area contributed by atoms with Crippen molar-refractivity contribution in [1.82, 2.24) is 20.1 Å². The minimum Gasteiger partial charge on any atom is -0.268 e. The summed E-state index contributed by atoms with van der Waals surface area (Å²) in [5, 5.41) is 11.8. The predicted octanol–water partition coefficient (Wildman–Crippen LogP) is 1.62. The molecule has 3 aromatic rings. The lowest BCUT2D eigenvalue weighted by Gasteiger charge is -2.00. The Morgan fingerprint density at radius 2 is 2.13 bits per heavy atom. The normalized spacial score (nSPS) is 11.0. The molecular formula is C10H8N4O. The van der Waals surface area contributed by atoms with Gasteiger partial charge >= 0.3 is 0 Å². The van der Waals surface area contributed by atoms with Gasteiger partial charge < -0.3 is 0 Å². The number of aromatic nitrogens is 4. The average Bonchev–Trinajstić information content (AvgIpc) is 2.85. The molecule has 0 fully saturated rings. The Balaban J connectivity index is 2.36. The van der Waals surface area contributed by atoms with Crippen LogP contribution in [0, 0.1) is 0 Å². The minimum atomic E-state index is 0.758. The monoisotopic (exact) mass is 200 g/mol. The summed E-state index contributed by atoms with van der Waals surface area (Å²) in [5.41, 5.74) is 3.50. The molecule has 0 radical (unpaired) electrons. The van der Waals surface area contributed by atoms with Gasteiger partial charge in [-0.3, -0.25) is 4.68 Å². The SMILES string of the molecule is Cn1nccc1-c1cccc2nonc12. The number of benzene rings is 1. The Hall–Kier alpha value is -2.17. The molecule has 5 nitrogen and oxygen atoms in total. The molecule has 0 aliphatic carbocycles. The fourth-order valence-corrected chi connectivity index (χ4v) is 1.65. The van der Waals surface area contributed by atoms with Gasteiger partial charge in [0.05, 0.1) is 5.69 Å². The number of aryl methyl sites for hydroxylation is 1. The van der Waals surface area contributed by atoms with Crippen molar-refractivity contribution in [3.8, 4) is 11.3 Å². The van der Waals surface area contributed by atoms with Crippen molar-refractivity contribution in [2.75, 3.05) is 0 Å². The van der Waals surface area contributed by atoms with Crippen LogP contribution in [-0.2, 0) is 7.05 Å². The van der Waals surface area contributed by atoms with Crippen LogP contribution in [-0.4, -0.2) is 20.1 Å². The third-order valence-electron chi connectivity index (χ3n) is 2.38. The summed E-state index contributed by atoms with van der Waals surface area (Å²) in [6, 6.07) is 7.70. The Morgan fingerprint density at radius 3 is 2.93 bits per heavy atom. The van der Waals surface area contributed by atoms with Crippen molar-refractivity contribution >= 4 is 11.0 Å². The Kier molecular flexibility index (Phi) is 1.58. The van der Waals surface area contributed by atoms with Crippen molar-refractivity contribution in [1.29, 1.82) is 0 Å². The summed E-state index contributed by atoms with van der Waals surface area (Å²) < 4.78 is 6.51. The smallest absolute Gasteiger partial charge is 0.144 e. The van der Waals surface area contributed by atoms with Crippen LogP contribution in [0.5, 0.6) is 0 Å². The lowest BCUT2D eigenvalue weighted by molar-refractivity contribution is 0.315. The molecule has 0 saturated carbocycles. The molecular weight excluding hydrogens is 192 g/mol.